The molecule has 0 amide bonds. The smallest absolute Gasteiger partial charge is 0.358 e. The van der Waals surface area contributed by atoms with E-state index in [1.807, 2.05) is 0 Å². The minimum atomic E-state index is -0.536. The van der Waals surface area contributed by atoms with E-state index in [1.165, 1.54) is 17.1 Å². The second kappa shape index (κ2) is 2.47. The maximum atomic E-state index is 10.0. The molecule has 1 heterocycles. The van der Waals surface area contributed by atoms with Gasteiger partial charge < -0.3 is 14.7 Å². The fraction of sp³-hybridized carbons (Fsp3) is 0.200. The zero-order valence-electron chi connectivity index (χ0n) is 5.23. The van der Waals surface area contributed by atoms with Crippen molar-refractivity contribution in [1.82, 2.24) is 9.55 Å². The van der Waals surface area contributed by atoms with Gasteiger partial charge in [-0.15, -0.1) is 0 Å². The second-order valence-corrected chi connectivity index (χ2v) is 1.73. The molecule has 0 spiro atoms. The van der Waals surface area contributed by atoms with Crippen molar-refractivity contribution in [2.24, 2.45) is 0 Å². The lowest BCUT2D eigenvalue weighted by atomic mass is 10.7. The summed E-state index contributed by atoms with van der Waals surface area (Å²) in [6.45, 7) is 3.99. The predicted molar refractivity (Wildman–Crippen MR) is 34.2 cm³/mol. The van der Waals surface area contributed by atoms with Crippen molar-refractivity contribution in [1.29, 1.82) is 0 Å². The standard InChI is InChI=1S/C5H6N3O2/c1-2-7-3-5(6-4-7)8(9)10/h3-4H,1-2H2. The molecule has 0 bridgehead atoms. The highest BCUT2D eigenvalue weighted by atomic mass is 16.6. The quantitative estimate of drug-likeness (QED) is 0.447. The van der Waals surface area contributed by atoms with Gasteiger partial charge in [-0.2, -0.15) is 0 Å². The van der Waals surface area contributed by atoms with Gasteiger partial charge in [0.05, 0.1) is 0 Å². The number of rotatable bonds is 2. The van der Waals surface area contributed by atoms with E-state index in [0.717, 1.165) is 0 Å². The van der Waals surface area contributed by atoms with Crippen molar-refractivity contribution >= 4 is 5.82 Å². The molecule has 0 saturated carbocycles. The Hall–Kier alpha value is -1.39. The predicted octanol–water partition coefficient (Wildman–Crippen LogP) is 0.625. The van der Waals surface area contributed by atoms with E-state index >= 15 is 0 Å². The van der Waals surface area contributed by atoms with Crippen LogP contribution in [0.3, 0.4) is 0 Å². The van der Waals surface area contributed by atoms with E-state index in [4.69, 9.17) is 0 Å². The second-order valence-electron chi connectivity index (χ2n) is 1.73. The maximum absolute atomic E-state index is 10.0. The summed E-state index contributed by atoms with van der Waals surface area (Å²) in [6.07, 6.45) is 2.72. The summed E-state index contributed by atoms with van der Waals surface area (Å²) in [5, 5.41) is 10.0. The minimum absolute atomic E-state index is 0.136. The monoisotopic (exact) mass is 140 g/mol. The molecule has 0 atom stereocenters. The van der Waals surface area contributed by atoms with Gasteiger partial charge in [-0.1, -0.05) is 0 Å². The molecule has 53 valence electrons. The van der Waals surface area contributed by atoms with Crippen LogP contribution in [0.5, 0.6) is 0 Å². The van der Waals surface area contributed by atoms with Crippen LogP contribution in [0.25, 0.3) is 0 Å². The third-order valence-corrected chi connectivity index (χ3v) is 1.06. The van der Waals surface area contributed by atoms with Crippen LogP contribution in [0.2, 0.25) is 0 Å². The van der Waals surface area contributed by atoms with Gasteiger partial charge in [-0.25, -0.2) is 0 Å². The molecule has 1 aromatic heterocycles. The zero-order valence-corrected chi connectivity index (χ0v) is 5.23. The van der Waals surface area contributed by atoms with Crippen molar-refractivity contribution in [3.63, 3.8) is 0 Å². The zero-order chi connectivity index (χ0) is 7.56. The molecule has 0 N–H and O–H groups in total. The van der Waals surface area contributed by atoms with Crippen LogP contribution in [0.15, 0.2) is 12.5 Å². The van der Waals surface area contributed by atoms with Crippen LogP contribution in [0.4, 0.5) is 5.82 Å². The number of nitro groups is 1. The van der Waals surface area contributed by atoms with Gasteiger partial charge in [0, 0.05) is 6.54 Å². The molecule has 5 heteroatoms. The summed E-state index contributed by atoms with van der Waals surface area (Å²) >= 11 is 0. The summed E-state index contributed by atoms with van der Waals surface area (Å²) in [7, 11) is 0. The minimum Gasteiger partial charge on any atom is -0.358 e. The van der Waals surface area contributed by atoms with E-state index in [-0.39, 0.29) is 5.82 Å². The highest BCUT2D eigenvalue weighted by molar-refractivity contribution is 5.12. The van der Waals surface area contributed by atoms with Gasteiger partial charge in [0.15, 0.2) is 0 Å². The van der Waals surface area contributed by atoms with Gasteiger partial charge >= 0.3 is 5.82 Å². The van der Waals surface area contributed by atoms with Gasteiger partial charge in [0.25, 0.3) is 0 Å². The van der Waals surface area contributed by atoms with Gasteiger partial charge in [-0.05, 0) is 16.8 Å². The topological polar surface area (TPSA) is 61.0 Å². The first-order valence-corrected chi connectivity index (χ1v) is 2.69. The Balaban J connectivity index is 2.88. The van der Waals surface area contributed by atoms with Crippen molar-refractivity contribution in [2.45, 2.75) is 6.54 Å². The lowest BCUT2D eigenvalue weighted by Crippen LogP contribution is -1.89. The van der Waals surface area contributed by atoms with E-state index in [2.05, 4.69) is 11.9 Å². The van der Waals surface area contributed by atoms with Gasteiger partial charge in [0.1, 0.15) is 6.20 Å². The number of hydrogen-bond acceptors (Lipinski definition) is 3. The molecule has 1 radical (unpaired) electrons. The van der Waals surface area contributed by atoms with Crippen molar-refractivity contribution < 1.29 is 4.92 Å². The molecule has 0 saturated heterocycles. The number of aromatic nitrogens is 2. The first-order valence-electron chi connectivity index (χ1n) is 2.69. The lowest BCUT2D eigenvalue weighted by Gasteiger charge is -1.87. The Morgan fingerprint density at radius 3 is 2.90 bits per heavy atom. The number of nitrogens with zero attached hydrogens (tertiary/aromatic N) is 3. The first-order chi connectivity index (χ1) is 4.74. The van der Waals surface area contributed by atoms with Gasteiger partial charge in [0.2, 0.25) is 6.33 Å². The average molecular weight is 140 g/mol. The molecule has 1 rings (SSSR count). The summed E-state index contributed by atoms with van der Waals surface area (Å²) in [5.74, 6) is -0.136. The third kappa shape index (κ3) is 1.12. The Bertz CT molecular complexity index is 243. The largest absolute Gasteiger partial charge is 0.381 e. The number of imidazole rings is 1. The Morgan fingerprint density at radius 1 is 1.90 bits per heavy atom. The molecular weight excluding hydrogens is 134 g/mol. The van der Waals surface area contributed by atoms with Crippen LogP contribution in [-0.2, 0) is 6.54 Å². The number of hydrogen-bond donors (Lipinski definition) is 0. The van der Waals surface area contributed by atoms with Crippen LogP contribution >= 0.6 is 0 Å². The highest BCUT2D eigenvalue weighted by Gasteiger charge is 2.07. The molecule has 0 aliphatic carbocycles. The first kappa shape index (κ1) is 6.73. The third-order valence-electron chi connectivity index (χ3n) is 1.06. The SMILES string of the molecule is [CH2]Cn1cnc([N+](=O)[O-])c1. The highest BCUT2D eigenvalue weighted by Crippen LogP contribution is 2.04. The molecule has 0 aliphatic heterocycles. The van der Waals surface area contributed by atoms with E-state index in [9.17, 15) is 10.1 Å². The Kier molecular flexibility index (Phi) is 1.66. The molecule has 10 heavy (non-hydrogen) atoms. The molecule has 0 aliphatic rings. The molecule has 0 aromatic carbocycles. The van der Waals surface area contributed by atoms with Crippen LogP contribution in [0.1, 0.15) is 0 Å². The van der Waals surface area contributed by atoms with E-state index < -0.39 is 4.92 Å². The normalized spacial score (nSPS) is 9.70. The summed E-state index contributed by atoms with van der Waals surface area (Å²) < 4.78 is 1.54. The van der Waals surface area contributed by atoms with Gasteiger partial charge in [-0.3, -0.25) is 0 Å². The summed E-state index contributed by atoms with van der Waals surface area (Å²) in [4.78, 5) is 13.0. The Morgan fingerprint density at radius 2 is 2.60 bits per heavy atom. The maximum Gasteiger partial charge on any atom is 0.381 e. The van der Waals surface area contributed by atoms with Crippen molar-refractivity contribution in [3.05, 3.63) is 29.6 Å². The van der Waals surface area contributed by atoms with Crippen LogP contribution in [0, 0.1) is 17.0 Å². The lowest BCUT2D eigenvalue weighted by molar-refractivity contribution is -0.389. The van der Waals surface area contributed by atoms with Crippen LogP contribution in [-0.4, -0.2) is 14.5 Å². The van der Waals surface area contributed by atoms with E-state index in [0.29, 0.717) is 6.54 Å². The fourth-order valence-corrected chi connectivity index (χ4v) is 0.565. The van der Waals surface area contributed by atoms with Crippen molar-refractivity contribution in [3.8, 4) is 0 Å². The Labute approximate surface area is 57.5 Å². The van der Waals surface area contributed by atoms with E-state index in [1.54, 1.807) is 0 Å². The summed E-state index contributed by atoms with van der Waals surface area (Å²) in [5.41, 5.74) is 0. The summed E-state index contributed by atoms with van der Waals surface area (Å²) in [6, 6.07) is 0. The average Bonchev–Trinajstić information content (AvgIpc) is 2.34. The fourth-order valence-electron chi connectivity index (χ4n) is 0.565. The molecule has 0 unspecified atom stereocenters. The molecule has 5 nitrogen and oxygen atoms in total. The van der Waals surface area contributed by atoms with Crippen LogP contribution < -0.4 is 0 Å². The molecule has 0 fully saturated rings. The molecular formula is C5H6N3O2. The molecule has 1 aromatic rings. The van der Waals surface area contributed by atoms with Crippen molar-refractivity contribution in [2.75, 3.05) is 0 Å².